The molecule has 10 nitrogen and oxygen atoms in total. The highest BCUT2D eigenvalue weighted by Gasteiger charge is 2.71. The van der Waals surface area contributed by atoms with Gasteiger partial charge in [0.15, 0.2) is 0 Å². The summed E-state index contributed by atoms with van der Waals surface area (Å²) >= 11 is 0. The van der Waals surface area contributed by atoms with Crippen LogP contribution >= 0.6 is 0 Å². The Morgan fingerprint density at radius 3 is 2.30 bits per heavy atom. The maximum Gasteiger partial charge on any atom is 0.315 e. The predicted molar refractivity (Wildman–Crippen MR) is 119 cm³/mol. The molecule has 11 heteroatoms. The third-order valence-corrected chi connectivity index (χ3v) is 10.7. The molecule has 37 heavy (non-hydrogen) atoms. The summed E-state index contributed by atoms with van der Waals surface area (Å²) in [6.07, 6.45) is 2.55. The quantitative estimate of drug-likeness (QED) is 0.312. The average molecular weight is 530 g/mol. The first-order valence-corrected chi connectivity index (χ1v) is 14.2. The van der Waals surface area contributed by atoms with E-state index in [-0.39, 0.29) is 35.3 Å². The van der Waals surface area contributed by atoms with Gasteiger partial charge in [-0.1, -0.05) is 0 Å². The molecular weight excluding hydrogens is 504 g/mol. The number of carbonyl (C=O) groups is 4. The molecule has 1 saturated heterocycles. The van der Waals surface area contributed by atoms with Crippen molar-refractivity contribution >= 4 is 33.8 Å². The van der Waals surface area contributed by atoms with Crippen molar-refractivity contribution in [1.82, 2.24) is 0 Å². The van der Waals surface area contributed by atoms with Gasteiger partial charge in [-0.25, -0.2) is 8.42 Å². The van der Waals surface area contributed by atoms with Gasteiger partial charge in [-0.15, -0.1) is 0 Å². The van der Waals surface area contributed by atoms with E-state index in [0.717, 1.165) is 25.0 Å². The van der Waals surface area contributed by atoms with Crippen LogP contribution in [0.1, 0.15) is 38.5 Å². The van der Waals surface area contributed by atoms with Crippen molar-refractivity contribution in [3.63, 3.8) is 0 Å². The number of hydrogen-bond acceptors (Lipinski definition) is 10. The normalized spacial score (nSPS) is 42.7. The van der Waals surface area contributed by atoms with E-state index >= 15 is 0 Å². The predicted octanol–water partition coefficient (Wildman–Crippen LogP) is 1.61. The molecule has 8 atom stereocenters. The van der Waals surface area contributed by atoms with Crippen LogP contribution in [0, 0.1) is 46.8 Å². The third kappa shape index (κ3) is 3.35. The fraction of sp³-hybridized carbons (Fsp3) is 0.615. The largest absolute Gasteiger partial charge is 0.744 e. The molecule has 6 saturated carbocycles. The summed E-state index contributed by atoms with van der Waals surface area (Å²) in [4.78, 5) is 51.6. The summed E-state index contributed by atoms with van der Waals surface area (Å²) in [5, 5.41) is 0. The van der Waals surface area contributed by atoms with Crippen molar-refractivity contribution in [3.05, 3.63) is 24.3 Å². The van der Waals surface area contributed by atoms with Crippen LogP contribution in [0.5, 0.6) is 5.75 Å². The second-order valence-electron chi connectivity index (χ2n) is 11.8. The lowest BCUT2D eigenvalue weighted by Gasteiger charge is -2.54. The molecule has 8 unspecified atom stereocenters. The lowest BCUT2D eigenvalue weighted by atomic mass is 9.49. The molecule has 7 fully saturated rings. The summed E-state index contributed by atoms with van der Waals surface area (Å²) in [6, 6.07) is 4.51. The van der Waals surface area contributed by atoms with E-state index in [4.69, 9.17) is 14.2 Å². The van der Waals surface area contributed by atoms with Crippen molar-refractivity contribution in [2.45, 2.75) is 55.6 Å². The first kappa shape index (κ1) is 23.3. The molecule has 0 amide bonds. The van der Waals surface area contributed by atoms with Crippen molar-refractivity contribution in [3.8, 4) is 5.75 Å². The van der Waals surface area contributed by atoms with Crippen molar-refractivity contribution in [1.29, 1.82) is 0 Å². The monoisotopic (exact) mass is 529 g/mol. The molecule has 6 aliphatic carbocycles. The summed E-state index contributed by atoms with van der Waals surface area (Å²) in [7, 11) is -4.64. The van der Waals surface area contributed by atoms with E-state index in [1.54, 1.807) is 0 Å². The minimum absolute atomic E-state index is 0.0369. The third-order valence-electron chi connectivity index (χ3n) is 9.82. The number of benzene rings is 1. The molecule has 8 rings (SSSR count). The zero-order valence-corrected chi connectivity index (χ0v) is 20.6. The van der Waals surface area contributed by atoms with Gasteiger partial charge in [-0.2, -0.15) is 0 Å². The van der Waals surface area contributed by atoms with Crippen LogP contribution in [0.3, 0.4) is 0 Å². The second-order valence-corrected chi connectivity index (χ2v) is 13.1. The minimum atomic E-state index is -4.64. The Bertz CT molecular complexity index is 1320. The van der Waals surface area contributed by atoms with E-state index in [2.05, 4.69) is 0 Å². The highest BCUT2D eigenvalue weighted by molar-refractivity contribution is 7.85. The Balaban J connectivity index is 1.11. The number of Topliss-reactive ketones (excluding diaryl/α,β-unsaturated/α-hetero) is 1. The van der Waals surface area contributed by atoms with E-state index in [0.29, 0.717) is 31.6 Å². The summed E-state index contributed by atoms with van der Waals surface area (Å²) < 4.78 is 50.6. The first-order chi connectivity index (χ1) is 17.5. The number of ketones is 1. The lowest BCUT2D eigenvalue weighted by molar-refractivity contribution is -0.188. The van der Waals surface area contributed by atoms with Gasteiger partial charge in [0.05, 0.1) is 22.1 Å². The maximum atomic E-state index is 13.6. The van der Waals surface area contributed by atoms with Crippen molar-refractivity contribution < 1.29 is 46.4 Å². The highest BCUT2D eigenvalue weighted by Crippen LogP contribution is 2.62. The van der Waals surface area contributed by atoms with Gasteiger partial charge in [-0.05, 0) is 68.7 Å². The number of hydrogen-bond donors (Lipinski definition) is 0. The van der Waals surface area contributed by atoms with Crippen LogP contribution in [0.4, 0.5) is 0 Å². The molecule has 6 bridgehead atoms. The lowest BCUT2D eigenvalue weighted by Crippen LogP contribution is -2.56. The van der Waals surface area contributed by atoms with Gasteiger partial charge >= 0.3 is 17.9 Å². The zero-order chi connectivity index (χ0) is 25.9. The Morgan fingerprint density at radius 2 is 1.65 bits per heavy atom. The SMILES string of the molecule is O=C1C2CC3CC1CC(C(=O)OC1C4CC5C1OC(=O)C5C4C(=O)Oc1ccc(S(=O)(=O)[O-])cc1)(C3)C2. The summed E-state index contributed by atoms with van der Waals surface area (Å²) in [6.45, 7) is 0. The molecule has 0 spiro atoms. The molecule has 0 radical (unpaired) electrons. The van der Waals surface area contributed by atoms with E-state index in [9.17, 15) is 32.1 Å². The molecule has 1 heterocycles. The van der Waals surface area contributed by atoms with Crippen molar-refractivity contribution in [2.75, 3.05) is 0 Å². The minimum Gasteiger partial charge on any atom is -0.744 e. The van der Waals surface area contributed by atoms with Crippen LogP contribution in [0.25, 0.3) is 0 Å². The Labute approximate surface area is 212 Å². The van der Waals surface area contributed by atoms with Gasteiger partial charge in [0, 0.05) is 23.7 Å². The standard InChI is InChI=1S/C26H26O10S/c27-20-12-5-11-6-13(20)10-26(8-11,9-12)25(30)36-22-17-7-16-19(24(29)35-21(16)22)18(17)23(28)34-14-1-3-15(4-2-14)37(31,32)33/h1-4,11-13,16-19,21-22H,5-10H2,(H,31,32,33)/p-1. The van der Waals surface area contributed by atoms with Crippen LogP contribution in [-0.4, -0.2) is 48.9 Å². The van der Waals surface area contributed by atoms with Crippen molar-refractivity contribution in [2.24, 2.45) is 46.8 Å². The summed E-state index contributed by atoms with van der Waals surface area (Å²) in [5.74, 6) is -3.30. The Kier molecular flexibility index (Phi) is 4.81. The molecule has 1 aromatic rings. The molecule has 1 aromatic carbocycles. The number of rotatable bonds is 5. The van der Waals surface area contributed by atoms with Crippen LogP contribution in [-0.2, 0) is 38.8 Å². The molecular formula is C26H25O10S-. The average Bonchev–Trinajstić information content (AvgIpc) is 3.45. The maximum absolute atomic E-state index is 13.6. The van der Waals surface area contributed by atoms with Gasteiger partial charge in [0.2, 0.25) is 0 Å². The molecule has 0 N–H and O–H groups in total. The van der Waals surface area contributed by atoms with E-state index < -0.39 is 62.3 Å². The molecule has 196 valence electrons. The first-order valence-electron chi connectivity index (χ1n) is 12.8. The second kappa shape index (κ2) is 7.63. The van der Waals surface area contributed by atoms with Crippen LogP contribution in [0.15, 0.2) is 29.2 Å². The Hall–Kier alpha value is -2.79. The van der Waals surface area contributed by atoms with Gasteiger partial charge < -0.3 is 18.8 Å². The fourth-order valence-corrected chi connectivity index (χ4v) is 9.04. The zero-order valence-electron chi connectivity index (χ0n) is 19.7. The highest BCUT2D eigenvalue weighted by atomic mass is 32.2. The number of ether oxygens (including phenoxy) is 3. The topological polar surface area (TPSA) is 153 Å². The van der Waals surface area contributed by atoms with Crippen LogP contribution in [0.2, 0.25) is 0 Å². The number of fused-ring (bicyclic) bond motifs is 1. The molecule has 1 aliphatic heterocycles. The number of carbonyl (C=O) groups excluding carboxylic acids is 4. The fourth-order valence-electron chi connectivity index (χ4n) is 8.57. The van der Waals surface area contributed by atoms with E-state index in [1.807, 2.05) is 0 Å². The Morgan fingerprint density at radius 1 is 0.973 bits per heavy atom. The van der Waals surface area contributed by atoms with E-state index in [1.165, 1.54) is 12.1 Å². The van der Waals surface area contributed by atoms with Crippen LogP contribution < -0.4 is 4.74 Å². The smallest absolute Gasteiger partial charge is 0.315 e. The van der Waals surface area contributed by atoms with Gasteiger partial charge in [0.25, 0.3) is 0 Å². The van der Waals surface area contributed by atoms with Gasteiger partial charge in [-0.3, -0.25) is 19.2 Å². The van der Waals surface area contributed by atoms with Gasteiger partial charge in [0.1, 0.15) is 33.9 Å². The molecule has 7 aliphatic rings. The summed E-state index contributed by atoms with van der Waals surface area (Å²) in [5.41, 5.74) is -0.687. The number of esters is 3. The molecule has 0 aromatic heterocycles.